The SMILES string of the molecule is CCN(Cc1cccc(F)c1)C(=O)NC1CCN(Cc2ccccc2)CC1. The van der Waals surface area contributed by atoms with Crippen molar-refractivity contribution in [1.82, 2.24) is 15.1 Å². The first-order valence-corrected chi connectivity index (χ1v) is 9.70. The van der Waals surface area contributed by atoms with E-state index in [1.807, 2.05) is 19.1 Å². The number of carbonyl (C=O) groups excluding carboxylic acids is 1. The zero-order valence-corrected chi connectivity index (χ0v) is 15.9. The molecule has 144 valence electrons. The van der Waals surface area contributed by atoms with Crippen molar-refractivity contribution in [2.45, 2.75) is 38.9 Å². The Kier molecular flexibility index (Phi) is 6.82. The number of benzene rings is 2. The Morgan fingerprint density at radius 2 is 1.81 bits per heavy atom. The predicted octanol–water partition coefficient (Wildman–Crippen LogP) is 4.02. The molecule has 0 radical (unpaired) electrons. The minimum Gasteiger partial charge on any atom is -0.335 e. The highest BCUT2D eigenvalue weighted by atomic mass is 19.1. The Hall–Kier alpha value is -2.40. The molecule has 4 nitrogen and oxygen atoms in total. The van der Waals surface area contributed by atoms with Crippen LogP contribution in [0.15, 0.2) is 54.6 Å². The van der Waals surface area contributed by atoms with Gasteiger partial charge in [-0.1, -0.05) is 42.5 Å². The maximum atomic E-state index is 13.4. The molecule has 0 aromatic heterocycles. The van der Waals surface area contributed by atoms with E-state index in [1.54, 1.807) is 11.0 Å². The number of halogens is 1. The molecule has 0 unspecified atom stereocenters. The number of nitrogens with one attached hydrogen (secondary N) is 1. The Balaban J connectivity index is 1.46. The van der Waals surface area contributed by atoms with Crippen LogP contribution in [0.25, 0.3) is 0 Å². The Morgan fingerprint density at radius 3 is 2.48 bits per heavy atom. The topological polar surface area (TPSA) is 35.6 Å². The quantitative estimate of drug-likeness (QED) is 0.835. The highest BCUT2D eigenvalue weighted by Gasteiger charge is 2.22. The number of hydrogen-bond acceptors (Lipinski definition) is 2. The summed E-state index contributed by atoms with van der Waals surface area (Å²) in [7, 11) is 0. The number of amides is 2. The predicted molar refractivity (Wildman–Crippen MR) is 106 cm³/mol. The van der Waals surface area contributed by atoms with Gasteiger partial charge in [0.15, 0.2) is 0 Å². The number of hydrogen-bond donors (Lipinski definition) is 1. The van der Waals surface area contributed by atoms with E-state index in [0.29, 0.717) is 13.1 Å². The van der Waals surface area contributed by atoms with Crippen molar-refractivity contribution in [3.05, 3.63) is 71.5 Å². The van der Waals surface area contributed by atoms with Gasteiger partial charge in [0, 0.05) is 38.8 Å². The van der Waals surface area contributed by atoms with Gasteiger partial charge in [0.05, 0.1) is 0 Å². The smallest absolute Gasteiger partial charge is 0.317 e. The monoisotopic (exact) mass is 369 g/mol. The number of nitrogens with zero attached hydrogens (tertiary/aromatic N) is 2. The number of likely N-dealkylation sites (tertiary alicyclic amines) is 1. The molecule has 27 heavy (non-hydrogen) atoms. The molecule has 0 bridgehead atoms. The van der Waals surface area contributed by atoms with E-state index in [4.69, 9.17) is 0 Å². The molecule has 2 aromatic rings. The molecule has 1 N–H and O–H groups in total. The second kappa shape index (κ2) is 9.51. The molecule has 1 aliphatic rings. The summed E-state index contributed by atoms with van der Waals surface area (Å²) in [5.74, 6) is -0.269. The third kappa shape index (κ3) is 5.79. The summed E-state index contributed by atoms with van der Waals surface area (Å²) in [6.45, 7) is 5.89. The van der Waals surface area contributed by atoms with Crippen LogP contribution in [-0.2, 0) is 13.1 Å². The molecule has 3 rings (SSSR count). The van der Waals surface area contributed by atoms with Gasteiger partial charge in [-0.3, -0.25) is 4.90 Å². The van der Waals surface area contributed by atoms with Gasteiger partial charge in [-0.15, -0.1) is 0 Å². The molecule has 5 heteroatoms. The lowest BCUT2D eigenvalue weighted by molar-refractivity contribution is 0.168. The minimum atomic E-state index is -0.269. The second-order valence-corrected chi connectivity index (χ2v) is 7.13. The maximum Gasteiger partial charge on any atom is 0.317 e. The first-order chi connectivity index (χ1) is 13.1. The molecule has 1 aliphatic heterocycles. The summed E-state index contributed by atoms with van der Waals surface area (Å²) in [5, 5.41) is 3.16. The first-order valence-electron chi connectivity index (χ1n) is 9.70. The highest BCUT2D eigenvalue weighted by Crippen LogP contribution is 2.15. The van der Waals surface area contributed by atoms with Crippen LogP contribution >= 0.6 is 0 Å². The minimum absolute atomic E-state index is 0.0664. The molecule has 0 aliphatic carbocycles. The number of carbonyl (C=O) groups is 1. The molecule has 1 fully saturated rings. The van der Waals surface area contributed by atoms with E-state index < -0.39 is 0 Å². The van der Waals surface area contributed by atoms with E-state index in [0.717, 1.165) is 38.0 Å². The summed E-state index contributed by atoms with van der Waals surface area (Å²) >= 11 is 0. The average Bonchev–Trinajstić information content (AvgIpc) is 2.68. The van der Waals surface area contributed by atoms with Crippen LogP contribution in [0.2, 0.25) is 0 Å². The summed E-state index contributed by atoms with van der Waals surface area (Å²) in [5.41, 5.74) is 2.14. The summed E-state index contributed by atoms with van der Waals surface area (Å²) in [6, 6.07) is 17.0. The second-order valence-electron chi connectivity index (χ2n) is 7.13. The lowest BCUT2D eigenvalue weighted by atomic mass is 10.0. The van der Waals surface area contributed by atoms with Crippen molar-refractivity contribution in [2.75, 3.05) is 19.6 Å². The van der Waals surface area contributed by atoms with Crippen molar-refractivity contribution < 1.29 is 9.18 Å². The van der Waals surface area contributed by atoms with Gasteiger partial charge in [0.1, 0.15) is 5.82 Å². The fraction of sp³-hybridized carbons (Fsp3) is 0.409. The van der Waals surface area contributed by atoms with Crippen molar-refractivity contribution in [3.8, 4) is 0 Å². The average molecular weight is 369 g/mol. The van der Waals surface area contributed by atoms with E-state index in [-0.39, 0.29) is 17.9 Å². The fourth-order valence-electron chi connectivity index (χ4n) is 3.53. The van der Waals surface area contributed by atoms with Crippen LogP contribution in [0.5, 0.6) is 0 Å². The molecular weight excluding hydrogens is 341 g/mol. The van der Waals surface area contributed by atoms with Crippen molar-refractivity contribution >= 4 is 6.03 Å². The van der Waals surface area contributed by atoms with E-state index in [9.17, 15) is 9.18 Å². The maximum absolute atomic E-state index is 13.4. The lowest BCUT2D eigenvalue weighted by Gasteiger charge is -2.33. The normalized spacial score (nSPS) is 15.5. The third-order valence-electron chi connectivity index (χ3n) is 5.10. The first kappa shape index (κ1) is 19.4. The van der Waals surface area contributed by atoms with Gasteiger partial charge in [0.25, 0.3) is 0 Å². The third-order valence-corrected chi connectivity index (χ3v) is 5.10. The van der Waals surface area contributed by atoms with Gasteiger partial charge in [0.2, 0.25) is 0 Å². The van der Waals surface area contributed by atoms with Crippen molar-refractivity contribution in [1.29, 1.82) is 0 Å². The molecule has 0 saturated carbocycles. The largest absolute Gasteiger partial charge is 0.335 e. The Morgan fingerprint density at radius 1 is 1.11 bits per heavy atom. The van der Waals surface area contributed by atoms with Crippen molar-refractivity contribution in [2.24, 2.45) is 0 Å². The highest BCUT2D eigenvalue weighted by molar-refractivity contribution is 5.74. The van der Waals surface area contributed by atoms with Gasteiger partial charge < -0.3 is 10.2 Å². The zero-order valence-electron chi connectivity index (χ0n) is 15.9. The van der Waals surface area contributed by atoms with Crippen LogP contribution in [0.4, 0.5) is 9.18 Å². The lowest BCUT2D eigenvalue weighted by Crippen LogP contribution is -2.48. The fourth-order valence-corrected chi connectivity index (χ4v) is 3.53. The van der Waals surface area contributed by atoms with Crippen molar-refractivity contribution in [3.63, 3.8) is 0 Å². The molecule has 0 spiro atoms. The van der Waals surface area contributed by atoms with Crippen LogP contribution in [0.1, 0.15) is 30.9 Å². The molecule has 1 heterocycles. The Labute approximate surface area is 161 Å². The summed E-state index contributed by atoms with van der Waals surface area (Å²) in [6.07, 6.45) is 1.91. The zero-order chi connectivity index (χ0) is 19.1. The van der Waals surface area contributed by atoms with Crippen LogP contribution in [0, 0.1) is 5.82 Å². The molecule has 2 amide bonds. The molecule has 1 saturated heterocycles. The van der Waals surface area contributed by atoms with E-state index in [1.165, 1.54) is 17.7 Å². The van der Waals surface area contributed by atoms with E-state index in [2.05, 4.69) is 34.5 Å². The van der Waals surface area contributed by atoms with Gasteiger partial charge in [-0.2, -0.15) is 0 Å². The van der Waals surface area contributed by atoms with Gasteiger partial charge >= 0.3 is 6.03 Å². The van der Waals surface area contributed by atoms with Gasteiger partial charge in [-0.25, -0.2) is 9.18 Å². The molecular formula is C22H28FN3O. The van der Waals surface area contributed by atoms with E-state index >= 15 is 0 Å². The summed E-state index contributed by atoms with van der Waals surface area (Å²) < 4.78 is 13.4. The number of urea groups is 1. The Bertz CT molecular complexity index is 729. The number of piperidine rings is 1. The molecule has 0 atom stereocenters. The summed E-state index contributed by atoms with van der Waals surface area (Å²) in [4.78, 5) is 16.8. The number of rotatable bonds is 6. The van der Waals surface area contributed by atoms with Gasteiger partial charge in [-0.05, 0) is 43.0 Å². The molecule has 2 aromatic carbocycles. The van der Waals surface area contributed by atoms with Crippen LogP contribution in [-0.4, -0.2) is 41.5 Å². The van der Waals surface area contributed by atoms with Crippen LogP contribution in [0.3, 0.4) is 0 Å². The van der Waals surface area contributed by atoms with Crippen LogP contribution < -0.4 is 5.32 Å². The standard InChI is InChI=1S/C22H28FN3O/c1-2-26(17-19-9-6-10-20(23)15-19)22(27)24-21-11-13-25(14-12-21)16-18-7-4-3-5-8-18/h3-10,15,21H,2,11-14,16-17H2,1H3,(H,24,27).